The Labute approximate surface area is 84.3 Å². The molecule has 5 nitrogen and oxygen atoms in total. The maximum atomic E-state index is 11.4. The molecule has 0 aromatic carbocycles. The van der Waals surface area contributed by atoms with Crippen LogP contribution >= 0.6 is 0 Å². The number of sulfonamides is 1. The van der Waals surface area contributed by atoms with E-state index in [1.807, 2.05) is 0 Å². The minimum absolute atomic E-state index is 0.344. The van der Waals surface area contributed by atoms with Gasteiger partial charge in [-0.25, -0.2) is 8.42 Å². The standard InChI is InChI=1S/C8H16N2O3S/c1-6(2)14(12,13)10-8(11)7-4-3-5-9-7/h6-7,9H,3-5H2,1-2H3,(H,10,11). The summed E-state index contributed by atoms with van der Waals surface area (Å²) in [6.07, 6.45) is 1.62. The average molecular weight is 220 g/mol. The third kappa shape index (κ3) is 2.68. The van der Waals surface area contributed by atoms with Gasteiger partial charge in [0.1, 0.15) is 0 Å². The Morgan fingerprint density at radius 3 is 2.57 bits per heavy atom. The van der Waals surface area contributed by atoms with E-state index in [1.165, 1.54) is 13.8 Å². The van der Waals surface area contributed by atoms with Crippen LogP contribution in [0.5, 0.6) is 0 Å². The second-order valence-corrected chi connectivity index (χ2v) is 5.95. The van der Waals surface area contributed by atoms with Crippen molar-refractivity contribution in [3.8, 4) is 0 Å². The topological polar surface area (TPSA) is 75.3 Å². The van der Waals surface area contributed by atoms with Crippen LogP contribution in [0, 0.1) is 0 Å². The lowest BCUT2D eigenvalue weighted by Crippen LogP contribution is -2.45. The molecule has 82 valence electrons. The van der Waals surface area contributed by atoms with Gasteiger partial charge in [0.15, 0.2) is 0 Å². The van der Waals surface area contributed by atoms with E-state index in [9.17, 15) is 13.2 Å². The maximum Gasteiger partial charge on any atom is 0.250 e. The summed E-state index contributed by atoms with van der Waals surface area (Å²) in [5.74, 6) is -0.434. The largest absolute Gasteiger partial charge is 0.306 e. The number of carbonyl (C=O) groups is 1. The Bertz CT molecular complexity index is 305. The Morgan fingerprint density at radius 2 is 2.14 bits per heavy atom. The van der Waals surface area contributed by atoms with Crippen LogP contribution in [-0.2, 0) is 14.8 Å². The van der Waals surface area contributed by atoms with E-state index in [-0.39, 0.29) is 6.04 Å². The smallest absolute Gasteiger partial charge is 0.250 e. The summed E-state index contributed by atoms with van der Waals surface area (Å²) in [5, 5.41) is 2.37. The van der Waals surface area contributed by atoms with Gasteiger partial charge in [0.05, 0.1) is 11.3 Å². The Morgan fingerprint density at radius 1 is 1.50 bits per heavy atom. The molecule has 0 aromatic heterocycles. The molecule has 1 amide bonds. The molecule has 0 aliphatic carbocycles. The Hall–Kier alpha value is -0.620. The molecule has 1 rings (SSSR count). The lowest BCUT2D eigenvalue weighted by molar-refractivity contribution is -0.121. The van der Waals surface area contributed by atoms with E-state index in [0.717, 1.165) is 13.0 Å². The zero-order valence-electron chi connectivity index (χ0n) is 8.41. The minimum atomic E-state index is -3.47. The molecule has 0 bridgehead atoms. The van der Waals surface area contributed by atoms with Crippen molar-refractivity contribution in [1.29, 1.82) is 0 Å². The summed E-state index contributed by atoms with van der Waals surface area (Å²) >= 11 is 0. The third-order valence-electron chi connectivity index (χ3n) is 2.24. The number of amides is 1. The fraction of sp³-hybridized carbons (Fsp3) is 0.875. The average Bonchev–Trinajstić information content (AvgIpc) is 2.54. The molecule has 0 radical (unpaired) electrons. The normalized spacial score (nSPS) is 22.6. The quantitative estimate of drug-likeness (QED) is 0.678. The first-order chi connectivity index (χ1) is 6.43. The van der Waals surface area contributed by atoms with Crippen LogP contribution in [0.3, 0.4) is 0 Å². The van der Waals surface area contributed by atoms with Crippen LogP contribution in [0.15, 0.2) is 0 Å². The molecule has 1 saturated heterocycles. The molecule has 0 aromatic rings. The van der Waals surface area contributed by atoms with Gasteiger partial charge in [-0.15, -0.1) is 0 Å². The summed E-state index contributed by atoms with van der Waals surface area (Å²) in [6.45, 7) is 3.86. The van der Waals surface area contributed by atoms with Crippen LogP contribution in [-0.4, -0.2) is 32.2 Å². The molecule has 6 heteroatoms. The van der Waals surface area contributed by atoms with Crippen molar-refractivity contribution in [2.75, 3.05) is 6.54 Å². The van der Waals surface area contributed by atoms with E-state index < -0.39 is 21.2 Å². The van der Waals surface area contributed by atoms with E-state index in [0.29, 0.717) is 6.42 Å². The molecule has 1 unspecified atom stereocenters. The predicted octanol–water partition coefficient (Wildman–Crippen LogP) is -0.407. The first-order valence-corrected chi connectivity index (χ1v) is 6.27. The molecule has 1 aliphatic heterocycles. The van der Waals surface area contributed by atoms with Crippen molar-refractivity contribution < 1.29 is 13.2 Å². The number of hydrogen-bond acceptors (Lipinski definition) is 4. The molecule has 1 aliphatic rings. The molecule has 1 atom stereocenters. The second kappa shape index (κ2) is 4.27. The van der Waals surface area contributed by atoms with Gasteiger partial charge in [-0.05, 0) is 33.2 Å². The molecule has 1 fully saturated rings. The van der Waals surface area contributed by atoms with Gasteiger partial charge in [0.25, 0.3) is 5.91 Å². The molecule has 0 spiro atoms. The zero-order chi connectivity index (χ0) is 10.8. The minimum Gasteiger partial charge on any atom is -0.306 e. The SMILES string of the molecule is CC(C)S(=O)(=O)NC(=O)C1CCCN1. The van der Waals surface area contributed by atoms with Crippen molar-refractivity contribution in [1.82, 2.24) is 10.0 Å². The maximum absolute atomic E-state index is 11.4. The summed E-state index contributed by atoms with van der Waals surface area (Å²) in [5.41, 5.74) is 0. The lowest BCUT2D eigenvalue weighted by Gasteiger charge is -2.13. The van der Waals surface area contributed by atoms with Gasteiger partial charge >= 0.3 is 0 Å². The predicted molar refractivity (Wildman–Crippen MR) is 53.2 cm³/mol. The van der Waals surface area contributed by atoms with Crippen LogP contribution in [0.2, 0.25) is 0 Å². The third-order valence-corrected chi connectivity index (χ3v) is 3.97. The highest BCUT2D eigenvalue weighted by Gasteiger charge is 2.26. The Kier molecular flexibility index (Phi) is 3.49. The number of nitrogens with one attached hydrogen (secondary N) is 2. The molecule has 0 saturated carbocycles. The molecule has 14 heavy (non-hydrogen) atoms. The summed E-state index contributed by atoms with van der Waals surface area (Å²) in [7, 11) is -3.47. The molecule has 2 N–H and O–H groups in total. The van der Waals surface area contributed by atoms with Crippen molar-refractivity contribution in [2.45, 2.75) is 38.0 Å². The first-order valence-electron chi connectivity index (χ1n) is 4.72. The van der Waals surface area contributed by atoms with Crippen molar-refractivity contribution >= 4 is 15.9 Å². The highest BCUT2D eigenvalue weighted by Crippen LogP contribution is 2.06. The van der Waals surface area contributed by atoms with Gasteiger partial charge in [0.2, 0.25) is 10.0 Å². The van der Waals surface area contributed by atoms with Gasteiger partial charge in [-0.1, -0.05) is 0 Å². The Balaban J connectivity index is 2.56. The van der Waals surface area contributed by atoms with E-state index in [1.54, 1.807) is 0 Å². The zero-order valence-corrected chi connectivity index (χ0v) is 9.23. The fourth-order valence-corrected chi connectivity index (χ4v) is 1.90. The second-order valence-electron chi connectivity index (χ2n) is 3.71. The van der Waals surface area contributed by atoms with Crippen molar-refractivity contribution in [2.24, 2.45) is 0 Å². The van der Waals surface area contributed by atoms with Crippen LogP contribution in [0.4, 0.5) is 0 Å². The van der Waals surface area contributed by atoms with Gasteiger partial charge in [-0.3, -0.25) is 9.52 Å². The van der Waals surface area contributed by atoms with E-state index >= 15 is 0 Å². The molecular formula is C8H16N2O3S. The monoisotopic (exact) mass is 220 g/mol. The first kappa shape index (κ1) is 11.5. The van der Waals surface area contributed by atoms with E-state index in [4.69, 9.17) is 0 Å². The van der Waals surface area contributed by atoms with E-state index in [2.05, 4.69) is 10.0 Å². The lowest BCUT2D eigenvalue weighted by atomic mass is 10.2. The summed E-state index contributed by atoms with van der Waals surface area (Å²) < 4.78 is 24.7. The van der Waals surface area contributed by atoms with Gasteiger partial charge < -0.3 is 5.32 Å². The number of hydrogen-bond donors (Lipinski definition) is 2. The van der Waals surface area contributed by atoms with Crippen LogP contribution < -0.4 is 10.0 Å². The number of carbonyl (C=O) groups excluding carboxylic acids is 1. The molecule has 1 heterocycles. The van der Waals surface area contributed by atoms with Crippen LogP contribution in [0.25, 0.3) is 0 Å². The summed E-state index contributed by atoms with van der Waals surface area (Å²) in [6, 6.07) is -0.344. The molecular weight excluding hydrogens is 204 g/mol. The highest BCUT2D eigenvalue weighted by atomic mass is 32.2. The fourth-order valence-electron chi connectivity index (χ4n) is 1.24. The van der Waals surface area contributed by atoms with Crippen molar-refractivity contribution in [3.05, 3.63) is 0 Å². The van der Waals surface area contributed by atoms with Crippen molar-refractivity contribution in [3.63, 3.8) is 0 Å². The summed E-state index contributed by atoms with van der Waals surface area (Å²) in [4.78, 5) is 11.4. The number of rotatable bonds is 3. The van der Waals surface area contributed by atoms with Gasteiger partial charge in [-0.2, -0.15) is 0 Å². The highest BCUT2D eigenvalue weighted by molar-refractivity contribution is 7.90. The van der Waals surface area contributed by atoms with Crippen LogP contribution in [0.1, 0.15) is 26.7 Å². The van der Waals surface area contributed by atoms with Gasteiger partial charge in [0, 0.05) is 0 Å².